The molecule has 0 spiro atoms. The van der Waals surface area contributed by atoms with Gasteiger partial charge in [-0.3, -0.25) is 4.98 Å². The van der Waals surface area contributed by atoms with Gasteiger partial charge in [-0.25, -0.2) is 4.98 Å². The SMILES string of the molecule is CCCNCc1cncc(N(C)C2CC2)n1. The van der Waals surface area contributed by atoms with Crippen LogP contribution in [0.3, 0.4) is 0 Å². The Hall–Kier alpha value is -1.16. The molecule has 1 fully saturated rings. The summed E-state index contributed by atoms with van der Waals surface area (Å²) in [5, 5.41) is 3.34. The molecule has 1 N–H and O–H groups in total. The van der Waals surface area contributed by atoms with E-state index in [9.17, 15) is 0 Å². The molecule has 1 aliphatic rings. The second kappa shape index (κ2) is 5.25. The molecule has 2 rings (SSSR count). The summed E-state index contributed by atoms with van der Waals surface area (Å²) in [4.78, 5) is 11.1. The highest BCUT2D eigenvalue weighted by molar-refractivity contribution is 5.38. The van der Waals surface area contributed by atoms with Crippen molar-refractivity contribution in [2.75, 3.05) is 18.5 Å². The Labute approximate surface area is 97.1 Å². The molecule has 0 aliphatic heterocycles. The van der Waals surface area contributed by atoms with Gasteiger partial charge < -0.3 is 10.2 Å². The lowest BCUT2D eigenvalue weighted by atomic mass is 10.4. The van der Waals surface area contributed by atoms with E-state index < -0.39 is 0 Å². The third-order valence-electron chi connectivity index (χ3n) is 2.86. The zero-order chi connectivity index (χ0) is 11.4. The minimum absolute atomic E-state index is 0.688. The molecule has 1 heterocycles. The van der Waals surface area contributed by atoms with E-state index in [0.717, 1.165) is 31.0 Å². The maximum absolute atomic E-state index is 4.61. The van der Waals surface area contributed by atoms with Gasteiger partial charge in [0.2, 0.25) is 0 Å². The van der Waals surface area contributed by atoms with Crippen molar-refractivity contribution in [2.45, 2.75) is 38.8 Å². The van der Waals surface area contributed by atoms with Crippen LogP contribution in [-0.4, -0.2) is 29.6 Å². The zero-order valence-electron chi connectivity index (χ0n) is 10.1. The second-order valence-corrected chi connectivity index (χ2v) is 4.39. The molecule has 0 bridgehead atoms. The van der Waals surface area contributed by atoms with Crippen LogP contribution in [0.15, 0.2) is 12.4 Å². The van der Waals surface area contributed by atoms with Crippen molar-refractivity contribution >= 4 is 5.82 Å². The fourth-order valence-electron chi connectivity index (χ4n) is 1.69. The van der Waals surface area contributed by atoms with E-state index in [1.54, 1.807) is 0 Å². The monoisotopic (exact) mass is 220 g/mol. The third kappa shape index (κ3) is 2.92. The van der Waals surface area contributed by atoms with Gasteiger partial charge in [0.25, 0.3) is 0 Å². The molecule has 0 atom stereocenters. The van der Waals surface area contributed by atoms with Gasteiger partial charge in [-0.2, -0.15) is 0 Å². The highest BCUT2D eigenvalue weighted by Crippen LogP contribution is 2.28. The Bertz CT molecular complexity index is 336. The van der Waals surface area contributed by atoms with Crippen LogP contribution in [0, 0.1) is 0 Å². The summed E-state index contributed by atoms with van der Waals surface area (Å²) in [7, 11) is 2.10. The standard InChI is InChI=1S/C12H20N4/c1-3-6-13-7-10-8-14-9-12(15-10)16(2)11-4-5-11/h8-9,11,13H,3-7H2,1-2H3. The predicted octanol–water partition coefficient (Wildman–Crippen LogP) is 1.57. The fourth-order valence-corrected chi connectivity index (χ4v) is 1.69. The van der Waals surface area contributed by atoms with Crippen LogP contribution >= 0.6 is 0 Å². The minimum Gasteiger partial charge on any atom is -0.355 e. The lowest BCUT2D eigenvalue weighted by Crippen LogP contribution is -2.22. The van der Waals surface area contributed by atoms with E-state index in [1.807, 2.05) is 12.4 Å². The molecule has 0 radical (unpaired) electrons. The summed E-state index contributed by atoms with van der Waals surface area (Å²) in [6, 6.07) is 0.688. The van der Waals surface area contributed by atoms with Crippen molar-refractivity contribution in [1.29, 1.82) is 0 Å². The maximum atomic E-state index is 4.61. The number of hydrogen-bond donors (Lipinski definition) is 1. The molecule has 0 saturated heterocycles. The van der Waals surface area contributed by atoms with E-state index in [1.165, 1.54) is 12.8 Å². The molecule has 0 aromatic carbocycles. The molecule has 0 amide bonds. The van der Waals surface area contributed by atoms with Crippen molar-refractivity contribution in [3.63, 3.8) is 0 Å². The average Bonchev–Trinajstić information content (AvgIpc) is 3.13. The summed E-state index contributed by atoms with van der Waals surface area (Å²) < 4.78 is 0. The van der Waals surface area contributed by atoms with Crippen LogP contribution in [0.25, 0.3) is 0 Å². The highest BCUT2D eigenvalue weighted by atomic mass is 15.2. The Morgan fingerprint density at radius 2 is 2.25 bits per heavy atom. The van der Waals surface area contributed by atoms with E-state index >= 15 is 0 Å². The van der Waals surface area contributed by atoms with Crippen LogP contribution < -0.4 is 10.2 Å². The van der Waals surface area contributed by atoms with Gasteiger partial charge in [-0.15, -0.1) is 0 Å². The summed E-state index contributed by atoms with van der Waals surface area (Å²) >= 11 is 0. The number of aromatic nitrogens is 2. The molecule has 4 heteroatoms. The molecule has 1 aliphatic carbocycles. The van der Waals surface area contributed by atoms with Crippen LogP contribution in [0.2, 0.25) is 0 Å². The molecule has 16 heavy (non-hydrogen) atoms. The molecular formula is C12H20N4. The highest BCUT2D eigenvalue weighted by Gasteiger charge is 2.27. The molecule has 1 aromatic heterocycles. The number of nitrogens with one attached hydrogen (secondary N) is 1. The number of anilines is 1. The predicted molar refractivity (Wildman–Crippen MR) is 65.5 cm³/mol. The van der Waals surface area contributed by atoms with Crippen molar-refractivity contribution in [3.8, 4) is 0 Å². The van der Waals surface area contributed by atoms with Crippen LogP contribution in [0.1, 0.15) is 31.9 Å². The number of nitrogens with zero attached hydrogens (tertiary/aromatic N) is 3. The molecular weight excluding hydrogens is 200 g/mol. The van der Waals surface area contributed by atoms with Crippen molar-refractivity contribution in [3.05, 3.63) is 18.1 Å². The number of hydrogen-bond acceptors (Lipinski definition) is 4. The molecule has 88 valence electrons. The Morgan fingerprint density at radius 3 is 2.94 bits per heavy atom. The maximum Gasteiger partial charge on any atom is 0.147 e. The fraction of sp³-hybridized carbons (Fsp3) is 0.667. The summed E-state index contributed by atoms with van der Waals surface area (Å²) in [5.41, 5.74) is 1.03. The normalized spacial score (nSPS) is 15.1. The minimum atomic E-state index is 0.688. The lowest BCUT2D eigenvalue weighted by molar-refractivity contribution is 0.661. The first-order chi connectivity index (χ1) is 7.81. The van der Waals surface area contributed by atoms with Crippen LogP contribution in [0.5, 0.6) is 0 Å². The van der Waals surface area contributed by atoms with Gasteiger partial charge in [-0.05, 0) is 25.8 Å². The van der Waals surface area contributed by atoms with E-state index in [4.69, 9.17) is 0 Å². The van der Waals surface area contributed by atoms with E-state index in [2.05, 4.69) is 34.2 Å². The average molecular weight is 220 g/mol. The lowest BCUT2D eigenvalue weighted by Gasteiger charge is -2.17. The summed E-state index contributed by atoms with van der Waals surface area (Å²) in [5.74, 6) is 0.998. The van der Waals surface area contributed by atoms with Gasteiger partial charge in [0, 0.05) is 25.8 Å². The third-order valence-corrected chi connectivity index (χ3v) is 2.86. The Kier molecular flexibility index (Phi) is 3.72. The van der Waals surface area contributed by atoms with Gasteiger partial charge in [0.05, 0.1) is 11.9 Å². The first kappa shape index (κ1) is 11.3. The molecule has 4 nitrogen and oxygen atoms in total. The molecule has 1 aromatic rings. The molecule has 0 unspecified atom stereocenters. The van der Waals surface area contributed by atoms with Crippen LogP contribution in [-0.2, 0) is 6.54 Å². The van der Waals surface area contributed by atoms with Gasteiger partial charge in [0.15, 0.2) is 0 Å². The van der Waals surface area contributed by atoms with Crippen LogP contribution in [0.4, 0.5) is 5.82 Å². The van der Waals surface area contributed by atoms with Crippen molar-refractivity contribution < 1.29 is 0 Å². The van der Waals surface area contributed by atoms with Gasteiger partial charge in [0.1, 0.15) is 5.82 Å². The first-order valence-corrected chi connectivity index (χ1v) is 6.05. The smallest absolute Gasteiger partial charge is 0.147 e. The number of rotatable bonds is 6. The summed E-state index contributed by atoms with van der Waals surface area (Å²) in [6.45, 7) is 4.01. The summed E-state index contributed by atoms with van der Waals surface area (Å²) in [6.07, 6.45) is 7.41. The first-order valence-electron chi connectivity index (χ1n) is 6.05. The van der Waals surface area contributed by atoms with E-state index in [-0.39, 0.29) is 0 Å². The Morgan fingerprint density at radius 1 is 1.44 bits per heavy atom. The van der Waals surface area contributed by atoms with Crippen molar-refractivity contribution in [1.82, 2.24) is 15.3 Å². The van der Waals surface area contributed by atoms with Gasteiger partial charge in [-0.1, -0.05) is 6.92 Å². The molecule has 1 saturated carbocycles. The largest absolute Gasteiger partial charge is 0.355 e. The zero-order valence-corrected chi connectivity index (χ0v) is 10.1. The topological polar surface area (TPSA) is 41.1 Å². The Balaban J connectivity index is 1.95. The van der Waals surface area contributed by atoms with E-state index in [0.29, 0.717) is 6.04 Å². The van der Waals surface area contributed by atoms with Crippen molar-refractivity contribution in [2.24, 2.45) is 0 Å². The quantitative estimate of drug-likeness (QED) is 0.739. The second-order valence-electron chi connectivity index (χ2n) is 4.39. The van der Waals surface area contributed by atoms with Gasteiger partial charge >= 0.3 is 0 Å².